The maximum Gasteiger partial charge on any atom is 0.276 e. The number of hydrogen-bond acceptors (Lipinski definition) is 3. The molecule has 0 bridgehead atoms. The van der Waals surface area contributed by atoms with Crippen molar-refractivity contribution in [3.8, 4) is 0 Å². The van der Waals surface area contributed by atoms with Gasteiger partial charge in [-0.05, 0) is 42.5 Å². The molecule has 0 fully saturated rings. The first-order valence-corrected chi connectivity index (χ1v) is 6.75. The number of carbonyl (C=O) groups excluding carboxylic acids is 2. The average molecular weight is 294 g/mol. The summed E-state index contributed by atoms with van der Waals surface area (Å²) in [6.45, 7) is 0. The topological polar surface area (TPSA) is 75.5 Å². The lowest BCUT2D eigenvalue weighted by molar-refractivity contribution is 0.0962. The highest BCUT2D eigenvalue weighted by molar-refractivity contribution is 6.04. The summed E-state index contributed by atoms with van der Waals surface area (Å²) in [6, 6.07) is 14.0. The van der Waals surface area contributed by atoms with E-state index in [9.17, 15) is 9.59 Å². The molecule has 3 aromatic rings. The summed E-state index contributed by atoms with van der Waals surface area (Å²) in [5.41, 5.74) is 2.33. The first kappa shape index (κ1) is 13.8. The molecule has 1 aromatic carbocycles. The Hall–Kier alpha value is -3.15. The summed E-state index contributed by atoms with van der Waals surface area (Å²) in [5.74, 6) is -0.463. The van der Waals surface area contributed by atoms with Gasteiger partial charge in [0, 0.05) is 24.5 Å². The molecule has 22 heavy (non-hydrogen) atoms. The van der Waals surface area contributed by atoms with Crippen LogP contribution in [0.4, 0.5) is 5.69 Å². The van der Waals surface area contributed by atoms with Gasteiger partial charge in [-0.15, -0.1) is 0 Å². The van der Waals surface area contributed by atoms with E-state index in [1.165, 1.54) is 0 Å². The number of aromatic nitrogens is 2. The minimum Gasteiger partial charge on any atom is -0.355 e. The smallest absolute Gasteiger partial charge is 0.276 e. The monoisotopic (exact) mass is 294 g/mol. The van der Waals surface area contributed by atoms with Gasteiger partial charge in [0.25, 0.3) is 11.8 Å². The van der Waals surface area contributed by atoms with E-state index in [2.05, 4.69) is 15.7 Å². The zero-order valence-corrected chi connectivity index (χ0v) is 11.9. The van der Waals surface area contributed by atoms with Crippen LogP contribution < -0.4 is 10.6 Å². The summed E-state index contributed by atoms with van der Waals surface area (Å²) in [4.78, 5) is 23.6. The maximum atomic E-state index is 12.2. The van der Waals surface area contributed by atoms with E-state index in [-0.39, 0.29) is 11.8 Å². The van der Waals surface area contributed by atoms with Gasteiger partial charge in [0.2, 0.25) is 0 Å². The molecule has 0 spiro atoms. The van der Waals surface area contributed by atoms with Gasteiger partial charge in [0.05, 0.1) is 5.52 Å². The van der Waals surface area contributed by atoms with E-state index in [0.29, 0.717) is 16.9 Å². The van der Waals surface area contributed by atoms with E-state index in [1.807, 2.05) is 18.2 Å². The molecule has 6 nitrogen and oxygen atoms in total. The van der Waals surface area contributed by atoms with Crippen molar-refractivity contribution in [2.24, 2.45) is 0 Å². The molecule has 2 N–H and O–H groups in total. The Morgan fingerprint density at radius 1 is 1.05 bits per heavy atom. The fourth-order valence-corrected chi connectivity index (χ4v) is 2.09. The van der Waals surface area contributed by atoms with Crippen molar-refractivity contribution >= 4 is 23.0 Å². The van der Waals surface area contributed by atoms with E-state index in [0.717, 1.165) is 5.52 Å². The normalized spacial score (nSPS) is 10.4. The Bertz CT molecular complexity index is 804. The number of nitrogens with one attached hydrogen (secondary N) is 2. The van der Waals surface area contributed by atoms with Crippen LogP contribution in [0.5, 0.6) is 0 Å². The highest BCUT2D eigenvalue weighted by Crippen LogP contribution is 2.12. The second kappa shape index (κ2) is 5.69. The molecule has 6 heteroatoms. The summed E-state index contributed by atoms with van der Waals surface area (Å²) in [6.07, 6.45) is 1.78. The highest BCUT2D eigenvalue weighted by atomic mass is 16.2. The molecular weight excluding hydrogens is 280 g/mol. The Morgan fingerprint density at radius 2 is 1.82 bits per heavy atom. The lowest BCUT2D eigenvalue weighted by Crippen LogP contribution is -2.18. The average Bonchev–Trinajstić information content (AvgIpc) is 2.99. The SMILES string of the molecule is CNC(=O)c1ccc(NC(=O)c2cc3ccccn3n2)cc1. The van der Waals surface area contributed by atoms with Crippen LogP contribution >= 0.6 is 0 Å². The summed E-state index contributed by atoms with van der Waals surface area (Å²) >= 11 is 0. The van der Waals surface area contributed by atoms with Gasteiger partial charge in [0.15, 0.2) is 5.69 Å². The minimum atomic E-state index is -0.295. The van der Waals surface area contributed by atoms with Gasteiger partial charge in [-0.25, -0.2) is 4.52 Å². The van der Waals surface area contributed by atoms with E-state index in [1.54, 1.807) is 48.1 Å². The number of nitrogens with zero attached hydrogens (tertiary/aromatic N) is 2. The molecule has 0 saturated carbocycles. The van der Waals surface area contributed by atoms with E-state index in [4.69, 9.17) is 0 Å². The molecule has 2 amide bonds. The Kier molecular flexibility index (Phi) is 3.57. The van der Waals surface area contributed by atoms with Crippen LogP contribution in [0, 0.1) is 0 Å². The Balaban J connectivity index is 1.77. The molecule has 110 valence electrons. The first-order valence-electron chi connectivity index (χ1n) is 6.75. The van der Waals surface area contributed by atoms with Crippen LogP contribution in [-0.4, -0.2) is 28.5 Å². The Labute approximate surface area is 126 Å². The Morgan fingerprint density at radius 3 is 2.50 bits per heavy atom. The van der Waals surface area contributed by atoms with Crippen molar-refractivity contribution in [1.82, 2.24) is 14.9 Å². The third-order valence-electron chi connectivity index (χ3n) is 3.23. The molecule has 2 heterocycles. The number of rotatable bonds is 3. The van der Waals surface area contributed by atoms with Crippen LogP contribution in [0.2, 0.25) is 0 Å². The van der Waals surface area contributed by atoms with Crippen molar-refractivity contribution in [2.45, 2.75) is 0 Å². The maximum absolute atomic E-state index is 12.2. The van der Waals surface area contributed by atoms with Crippen LogP contribution in [0.3, 0.4) is 0 Å². The predicted molar refractivity (Wildman–Crippen MR) is 83.0 cm³/mol. The summed E-state index contributed by atoms with van der Waals surface area (Å²) < 4.78 is 1.64. The quantitative estimate of drug-likeness (QED) is 0.775. The second-order valence-electron chi connectivity index (χ2n) is 4.71. The third-order valence-corrected chi connectivity index (χ3v) is 3.23. The lowest BCUT2D eigenvalue weighted by Gasteiger charge is -2.04. The van der Waals surface area contributed by atoms with Crippen LogP contribution in [-0.2, 0) is 0 Å². The minimum absolute atomic E-state index is 0.168. The molecule has 0 aliphatic heterocycles. The summed E-state index contributed by atoms with van der Waals surface area (Å²) in [5, 5.41) is 9.51. The number of anilines is 1. The summed E-state index contributed by atoms with van der Waals surface area (Å²) in [7, 11) is 1.57. The number of amides is 2. The van der Waals surface area contributed by atoms with Crippen molar-refractivity contribution in [1.29, 1.82) is 0 Å². The first-order chi connectivity index (χ1) is 10.7. The molecular formula is C16H14N4O2. The van der Waals surface area contributed by atoms with Crippen LogP contribution in [0.1, 0.15) is 20.8 Å². The van der Waals surface area contributed by atoms with Crippen molar-refractivity contribution in [3.05, 3.63) is 66.0 Å². The largest absolute Gasteiger partial charge is 0.355 e. The molecule has 0 aliphatic rings. The molecule has 0 atom stereocenters. The van der Waals surface area contributed by atoms with Gasteiger partial charge in [-0.3, -0.25) is 9.59 Å². The van der Waals surface area contributed by atoms with E-state index < -0.39 is 0 Å². The number of benzene rings is 1. The second-order valence-corrected chi connectivity index (χ2v) is 4.71. The van der Waals surface area contributed by atoms with Gasteiger partial charge >= 0.3 is 0 Å². The van der Waals surface area contributed by atoms with Crippen molar-refractivity contribution < 1.29 is 9.59 Å². The number of hydrogen-bond donors (Lipinski definition) is 2. The van der Waals surface area contributed by atoms with Gasteiger partial charge in [-0.1, -0.05) is 6.07 Å². The predicted octanol–water partition coefficient (Wildman–Crippen LogP) is 1.95. The number of fused-ring (bicyclic) bond motifs is 1. The number of pyridine rings is 1. The van der Waals surface area contributed by atoms with Gasteiger partial charge in [0.1, 0.15) is 0 Å². The van der Waals surface area contributed by atoms with E-state index >= 15 is 0 Å². The van der Waals surface area contributed by atoms with Gasteiger partial charge < -0.3 is 10.6 Å². The zero-order chi connectivity index (χ0) is 15.5. The van der Waals surface area contributed by atoms with Crippen molar-refractivity contribution in [3.63, 3.8) is 0 Å². The van der Waals surface area contributed by atoms with Crippen LogP contribution in [0.15, 0.2) is 54.7 Å². The molecule has 3 rings (SSSR count). The molecule has 2 aromatic heterocycles. The highest BCUT2D eigenvalue weighted by Gasteiger charge is 2.11. The molecule has 0 radical (unpaired) electrons. The zero-order valence-electron chi connectivity index (χ0n) is 11.9. The van der Waals surface area contributed by atoms with Gasteiger partial charge in [-0.2, -0.15) is 5.10 Å². The van der Waals surface area contributed by atoms with Crippen LogP contribution in [0.25, 0.3) is 5.52 Å². The molecule has 0 saturated heterocycles. The number of carbonyl (C=O) groups is 2. The van der Waals surface area contributed by atoms with Crippen molar-refractivity contribution in [2.75, 3.05) is 12.4 Å². The lowest BCUT2D eigenvalue weighted by atomic mass is 10.2. The molecule has 0 unspecified atom stereocenters. The standard InChI is InChI=1S/C16H14N4O2/c1-17-15(21)11-5-7-12(8-6-11)18-16(22)14-10-13-4-2-3-9-20(13)19-14/h2-10H,1H3,(H,17,21)(H,18,22). The third kappa shape index (κ3) is 2.67. The fraction of sp³-hybridized carbons (Fsp3) is 0.0625. The fourth-order valence-electron chi connectivity index (χ4n) is 2.09. The molecule has 0 aliphatic carbocycles.